The van der Waals surface area contributed by atoms with Crippen LogP contribution in [0, 0.1) is 12.3 Å². The Labute approximate surface area is 97.8 Å². The Kier molecular flexibility index (Phi) is 5.91. The minimum atomic E-state index is 0.0118. The monoisotopic (exact) mass is 223 g/mol. The second-order valence-electron chi connectivity index (χ2n) is 4.10. The van der Waals surface area contributed by atoms with Gasteiger partial charge in [0.25, 0.3) is 0 Å². The van der Waals surface area contributed by atoms with Crippen molar-refractivity contribution in [3.8, 4) is 12.3 Å². The van der Waals surface area contributed by atoms with Crippen molar-refractivity contribution in [2.75, 3.05) is 32.7 Å². The number of carbonyl (C=O) groups excluding carboxylic acids is 1. The van der Waals surface area contributed by atoms with E-state index in [1.165, 1.54) is 12.8 Å². The van der Waals surface area contributed by atoms with Crippen LogP contribution >= 0.6 is 0 Å². The SMILES string of the molecule is C#CCNC(=O)CN(CC)CC1CCCN1. The Balaban J connectivity index is 2.25. The molecule has 4 heteroatoms. The van der Waals surface area contributed by atoms with Gasteiger partial charge in [-0.25, -0.2) is 0 Å². The fraction of sp³-hybridized carbons (Fsp3) is 0.750. The zero-order valence-electron chi connectivity index (χ0n) is 9.96. The Morgan fingerprint density at radius 2 is 2.50 bits per heavy atom. The van der Waals surface area contributed by atoms with Crippen LogP contribution in [0.3, 0.4) is 0 Å². The van der Waals surface area contributed by atoms with Crippen LogP contribution in [0.5, 0.6) is 0 Å². The molecule has 1 rings (SSSR count). The van der Waals surface area contributed by atoms with E-state index >= 15 is 0 Å². The molecule has 0 aromatic heterocycles. The highest BCUT2D eigenvalue weighted by molar-refractivity contribution is 5.78. The van der Waals surface area contributed by atoms with Crippen molar-refractivity contribution < 1.29 is 4.79 Å². The molecule has 1 unspecified atom stereocenters. The van der Waals surface area contributed by atoms with Crippen LogP contribution in [-0.4, -0.2) is 49.6 Å². The Bertz CT molecular complexity index is 253. The Hall–Kier alpha value is -1.05. The van der Waals surface area contributed by atoms with Gasteiger partial charge < -0.3 is 10.6 Å². The summed E-state index contributed by atoms with van der Waals surface area (Å²) in [5.74, 6) is 2.41. The zero-order valence-corrected chi connectivity index (χ0v) is 9.96. The highest BCUT2D eigenvalue weighted by Crippen LogP contribution is 2.06. The Morgan fingerprint density at radius 3 is 3.06 bits per heavy atom. The molecule has 90 valence electrons. The van der Waals surface area contributed by atoms with E-state index in [1.54, 1.807) is 0 Å². The van der Waals surface area contributed by atoms with E-state index in [9.17, 15) is 4.79 Å². The van der Waals surface area contributed by atoms with Gasteiger partial charge in [0.05, 0.1) is 13.1 Å². The predicted octanol–water partition coefficient (Wildman–Crippen LogP) is -0.190. The lowest BCUT2D eigenvalue weighted by Crippen LogP contribution is -2.43. The van der Waals surface area contributed by atoms with Gasteiger partial charge in [0.2, 0.25) is 5.91 Å². The molecular formula is C12H21N3O. The van der Waals surface area contributed by atoms with Gasteiger partial charge in [-0.1, -0.05) is 12.8 Å². The third kappa shape index (κ3) is 4.65. The van der Waals surface area contributed by atoms with Crippen LogP contribution in [0.2, 0.25) is 0 Å². The average molecular weight is 223 g/mol. The summed E-state index contributed by atoms with van der Waals surface area (Å²) in [6.07, 6.45) is 7.54. The predicted molar refractivity (Wildman–Crippen MR) is 65.0 cm³/mol. The fourth-order valence-corrected chi connectivity index (χ4v) is 1.94. The first-order valence-electron chi connectivity index (χ1n) is 5.92. The molecule has 1 fully saturated rings. The number of hydrogen-bond acceptors (Lipinski definition) is 3. The number of nitrogens with zero attached hydrogens (tertiary/aromatic N) is 1. The molecule has 16 heavy (non-hydrogen) atoms. The lowest BCUT2D eigenvalue weighted by atomic mass is 10.2. The third-order valence-corrected chi connectivity index (χ3v) is 2.84. The van der Waals surface area contributed by atoms with Gasteiger partial charge in [-0.2, -0.15) is 0 Å². The van der Waals surface area contributed by atoms with Crippen LogP contribution in [-0.2, 0) is 4.79 Å². The molecule has 0 saturated carbocycles. The first kappa shape index (κ1) is 13.0. The number of hydrogen-bond donors (Lipinski definition) is 2. The van der Waals surface area contributed by atoms with Crippen LogP contribution in [0.15, 0.2) is 0 Å². The molecule has 1 atom stereocenters. The summed E-state index contributed by atoms with van der Waals surface area (Å²) < 4.78 is 0. The molecule has 4 nitrogen and oxygen atoms in total. The molecule has 2 N–H and O–H groups in total. The number of carbonyl (C=O) groups is 1. The minimum Gasteiger partial charge on any atom is -0.344 e. The van der Waals surface area contributed by atoms with Gasteiger partial charge in [0.15, 0.2) is 0 Å². The van der Waals surface area contributed by atoms with Crippen LogP contribution in [0.25, 0.3) is 0 Å². The third-order valence-electron chi connectivity index (χ3n) is 2.84. The first-order chi connectivity index (χ1) is 7.76. The van der Waals surface area contributed by atoms with E-state index in [1.807, 2.05) is 0 Å². The number of likely N-dealkylation sites (N-methyl/N-ethyl adjacent to an activating group) is 1. The summed E-state index contributed by atoms with van der Waals surface area (Å²) >= 11 is 0. The van der Waals surface area contributed by atoms with Crippen molar-refractivity contribution in [1.82, 2.24) is 15.5 Å². The number of terminal acetylenes is 1. The molecular weight excluding hydrogens is 202 g/mol. The topological polar surface area (TPSA) is 44.4 Å². The zero-order chi connectivity index (χ0) is 11.8. The summed E-state index contributed by atoms with van der Waals surface area (Å²) in [6.45, 7) is 5.77. The number of amides is 1. The smallest absolute Gasteiger partial charge is 0.234 e. The molecule has 0 aliphatic carbocycles. The van der Waals surface area contributed by atoms with Gasteiger partial charge >= 0.3 is 0 Å². The summed E-state index contributed by atoms with van der Waals surface area (Å²) in [4.78, 5) is 13.6. The molecule has 1 saturated heterocycles. The minimum absolute atomic E-state index is 0.0118. The summed E-state index contributed by atoms with van der Waals surface area (Å²) in [5, 5.41) is 6.12. The standard InChI is InChI=1S/C12H21N3O/c1-3-7-14-12(16)10-15(4-2)9-11-6-5-8-13-11/h1,11,13H,4-10H2,2H3,(H,14,16). The molecule has 1 aliphatic heterocycles. The van der Waals surface area contributed by atoms with E-state index in [0.717, 1.165) is 19.6 Å². The highest BCUT2D eigenvalue weighted by Gasteiger charge is 2.18. The van der Waals surface area contributed by atoms with Crippen molar-refractivity contribution >= 4 is 5.91 Å². The molecule has 0 spiro atoms. The maximum Gasteiger partial charge on any atom is 0.234 e. The Morgan fingerprint density at radius 1 is 1.69 bits per heavy atom. The highest BCUT2D eigenvalue weighted by atomic mass is 16.2. The first-order valence-corrected chi connectivity index (χ1v) is 5.92. The maximum absolute atomic E-state index is 11.5. The average Bonchev–Trinajstić information content (AvgIpc) is 2.78. The normalized spacial score (nSPS) is 19.7. The van der Waals surface area contributed by atoms with E-state index in [4.69, 9.17) is 6.42 Å². The summed E-state index contributed by atoms with van der Waals surface area (Å²) in [6, 6.07) is 0.542. The molecule has 0 radical (unpaired) electrons. The van der Waals surface area contributed by atoms with Crippen molar-refractivity contribution in [2.45, 2.75) is 25.8 Å². The van der Waals surface area contributed by atoms with Crippen molar-refractivity contribution in [2.24, 2.45) is 0 Å². The van der Waals surface area contributed by atoms with E-state index in [2.05, 4.69) is 28.4 Å². The molecule has 1 amide bonds. The van der Waals surface area contributed by atoms with Gasteiger partial charge in [-0.3, -0.25) is 9.69 Å². The molecule has 0 aromatic carbocycles. The molecule has 0 bridgehead atoms. The second kappa shape index (κ2) is 7.26. The summed E-state index contributed by atoms with van der Waals surface area (Å²) in [5.41, 5.74) is 0. The van der Waals surface area contributed by atoms with Crippen LogP contribution in [0.1, 0.15) is 19.8 Å². The van der Waals surface area contributed by atoms with Gasteiger partial charge in [0.1, 0.15) is 0 Å². The lowest BCUT2D eigenvalue weighted by molar-refractivity contribution is -0.122. The molecule has 0 aromatic rings. The van der Waals surface area contributed by atoms with E-state index in [-0.39, 0.29) is 5.91 Å². The van der Waals surface area contributed by atoms with Gasteiger partial charge in [0, 0.05) is 12.6 Å². The van der Waals surface area contributed by atoms with Crippen molar-refractivity contribution in [1.29, 1.82) is 0 Å². The van der Waals surface area contributed by atoms with Crippen LogP contribution in [0.4, 0.5) is 0 Å². The number of rotatable bonds is 6. The van der Waals surface area contributed by atoms with Crippen molar-refractivity contribution in [3.63, 3.8) is 0 Å². The lowest BCUT2D eigenvalue weighted by Gasteiger charge is -2.23. The van der Waals surface area contributed by atoms with E-state index in [0.29, 0.717) is 19.1 Å². The fourth-order valence-electron chi connectivity index (χ4n) is 1.94. The quantitative estimate of drug-likeness (QED) is 0.614. The molecule has 1 heterocycles. The van der Waals surface area contributed by atoms with E-state index < -0.39 is 0 Å². The largest absolute Gasteiger partial charge is 0.344 e. The number of nitrogens with one attached hydrogen (secondary N) is 2. The maximum atomic E-state index is 11.5. The van der Waals surface area contributed by atoms with Crippen LogP contribution < -0.4 is 10.6 Å². The van der Waals surface area contributed by atoms with Gasteiger partial charge in [-0.05, 0) is 25.9 Å². The summed E-state index contributed by atoms with van der Waals surface area (Å²) in [7, 11) is 0. The second-order valence-corrected chi connectivity index (χ2v) is 4.10. The van der Waals surface area contributed by atoms with Crippen molar-refractivity contribution in [3.05, 3.63) is 0 Å². The molecule has 1 aliphatic rings. The van der Waals surface area contributed by atoms with Gasteiger partial charge in [-0.15, -0.1) is 6.42 Å².